The number of hydrogen-bond acceptors (Lipinski definition) is 1. The second kappa shape index (κ2) is 4.67. The lowest BCUT2D eigenvalue weighted by atomic mass is 10.0. The van der Waals surface area contributed by atoms with Gasteiger partial charge >= 0.3 is 0 Å². The minimum absolute atomic E-state index is 1.21. The number of fused-ring (bicyclic) bond motifs is 2. The number of para-hydroxylation sites is 2. The minimum atomic E-state index is 1.21. The largest absolute Gasteiger partial charge is 0.289 e. The van der Waals surface area contributed by atoms with E-state index in [1.54, 1.807) is 0 Å². The summed E-state index contributed by atoms with van der Waals surface area (Å²) in [6.07, 6.45) is 3.80. The first-order valence-electron chi connectivity index (χ1n) is 7.45. The molecule has 0 aliphatic carbocycles. The van der Waals surface area contributed by atoms with E-state index >= 15 is 0 Å². The Morgan fingerprint density at radius 3 is 2.68 bits per heavy atom. The van der Waals surface area contributed by atoms with Gasteiger partial charge in [0.25, 0.3) is 5.82 Å². The van der Waals surface area contributed by atoms with Gasteiger partial charge in [-0.15, -0.1) is 0 Å². The van der Waals surface area contributed by atoms with Crippen LogP contribution in [-0.2, 0) is 14.1 Å². The standard InChI is InChI=1S/C19H18N3/c1-13-15(9-8-14-10-11-20-12-16(13)14)19-21(2)17-6-4-5-7-18(17)22(19)3/h4-12H,1-3H3/q+1. The van der Waals surface area contributed by atoms with Crippen molar-refractivity contribution in [2.24, 2.45) is 14.1 Å². The summed E-state index contributed by atoms with van der Waals surface area (Å²) in [5, 5.41) is 2.45. The van der Waals surface area contributed by atoms with Crippen molar-refractivity contribution in [2.45, 2.75) is 6.92 Å². The van der Waals surface area contributed by atoms with Crippen LogP contribution in [0.15, 0.2) is 54.9 Å². The Morgan fingerprint density at radius 2 is 1.86 bits per heavy atom. The fourth-order valence-corrected chi connectivity index (χ4v) is 3.40. The lowest BCUT2D eigenvalue weighted by Gasteiger charge is -2.07. The lowest BCUT2D eigenvalue weighted by molar-refractivity contribution is -0.634. The number of aromatic nitrogens is 3. The predicted molar refractivity (Wildman–Crippen MR) is 89.6 cm³/mol. The van der Waals surface area contributed by atoms with Gasteiger partial charge in [0.05, 0.1) is 19.7 Å². The van der Waals surface area contributed by atoms with E-state index in [0.717, 1.165) is 0 Å². The monoisotopic (exact) mass is 288 g/mol. The summed E-state index contributed by atoms with van der Waals surface area (Å²) in [6.45, 7) is 2.18. The number of benzene rings is 2. The van der Waals surface area contributed by atoms with Crippen LogP contribution < -0.4 is 4.57 Å². The molecule has 0 saturated carbocycles. The van der Waals surface area contributed by atoms with Gasteiger partial charge in [-0.1, -0.05) is 18.2 Å². The van der Waals surface area contributed by atoms with E-state index in [2.05, 4.69) is 77.6 Å². The molecule has 108 valence electrons. The van der Waals surface area contributed by atoms with Crippen LogP contribution >= 0.6 is 0 Å². The second-order valence-electron chi connectivity index (χ2n) is 5.77. The van der Waals surface area contributed by atoms with Gasteiger partial charge in [0.1, 0.15) is 0 Å². The molecule has 0 unspecified atom stereocenters. The molecular weight excluding hydrogens is 270 g/mol. The summed E-state index contributed by atoms with van der Waals surface area (Å²) < 4.78 is 4.53. The molecule has 4 aromatic rings. The minimum Gasteiger partial charge on any atom is -0.264 e. The maximum Gasteiger partial charge on any atom is 0.289 e. The fourth-order valence-electron chi connectivity index (χ4n) is 3.40. The number of imidazole rings is 1. The molecule has 0 radical (unpaired) electrons. The van der Waals surface area contributed by atoms with Gasteiger partial charge < -0.3 is 0 Å². The van der Waals surface area contributed by atoms with Crippen molar-refractivity contribution in [2.75, 3.05) is 0 Å². The average Bonchev–Trinajstić information content (AvgIpc) is 2.81. The highest BCUT2D eigenvalue weighted by Gasteiger charge is 2.23. The molecule has 0 fully saturated rings. The molecule has 22 heavy (non-hydrogen) atoms. The Labute approximate surface area is 129 Å². The first-order valence-corrected chi connectivity index (χ1v) is 7.45. The molecule has 0 aliphatic heterocycles. The zero-order chi connectivity index (χ0) is 15.3. The molecule has 0 spiro atoms. The quantitative estimate of drug-likeness (QED) is 0.491. The number of rotatable bonds is 1. The van der Waals surface area contributed by atoms with Gasteiger partial charge in [0.2, 0.25) is 0 Å². The Morgan fingerprint density at radius 1 is 1.05 bits per heavy atom. The highest BCUT2D eigenvalue weighted by atomic mass is 15.1. The second-order valence-corrected chi connectivity index (χ2v) is 5.77. The Kier molecular flexibility index (Phi) is 2.76. The summed E-state index contributed by atoms with van der Waals surface area (Å²) in [7, 11) is 4.26. The van der Waals surface area contributed by atoms with Crippen molar-refractivity contribution in [1.29, 1.82) is 0 Å². The van der Waals surface area contributed by atoms with Gasteiger partial charge in [-0.2, -0.15) is 0 Å². The smallest absolute Gasteiger partial charge is 0.264 e. The summed E-state index contributed by atoms with van der Waals surface area (Å²) in [4.78, 5) is 4.28. The normalized spacial score (nSPS) is 11.4. The van der Waals surface area contributed by atoms with Crippen molar-refractivity contribution >= 4 is 21.8 Å². The average molecular weight is 288 g/mol. The Hall–Kier alpha value is -2.68. The molecule has 0 atom stereocenters. The van der Waals surface area contributed by atoms with Crippen LogP contribution in [0.4, 0.5) is 0 Å². The molecule has 2 heterocycles. The zero-order valence-corrected chi connectivity index (χ0v) is 13.0. The third kappa shape index (κ3) is 1.69. The third-order valence-electron chi connectivity index (χ3n) is 4.57. The predicted octanol–water partition coefficient (Wildman–Crippen LogP) is 3.53. The lowest BCUT2D eigenvalue weighted by Crippen LogP contribution is -2.30. The number of nitrogens with zero attached hydrogens (tertiary/aromatic N) is 3. The van der Waals surface area contributed by atoms with Crippen molar-refractivity contribution in [1.82, 2.24) is 9.55 Å². The third-order valence-corrected chi connectivity index (χ3v) is 4.57. The van der Waals surface area contributed by atoms with E-state index in [1.165, 1.54) is 38.8 Å². The van der Waals surface area contributed by atoms with Crippen molar-refractivity contribution in [3.8, 4) is 11.4 Å². The Bertz CT molecular complexity index is 973. The molecule has 0 saturated heterocycles. The molecular formula is C19H18N3+. The summed E-state index contributed by atoms with van der Waals surface area (Å²) in [5.41, 5.74) is 5.00. The van der Waals surface area contributed by atoms with Gasteiger partial charge in [-0.3, -0.25) is 4.98 Å². The van der Waals surface area contributed by atoms with Crippen LogP contribution in [0.3, 0.4) is 0 Å². The number of pyridine rings is 1. The van der Waals surface area contributed by atoms with E-state index in [9.17, 15) is 0 Å². The zero-order valence-electron chi connectivity index (χ0n) is 13.0. The Balaban J connectivity index is 2.10. The van der Waals surface area contributed by atoms with Gasteiger partial charge in [-0.05, 0) is 42.1 Å². The van der Waals surface area contributed by atoms with Gasteiger partial charge in [0.15, 0.2) is 11.0 Å². The SMILES string of the molecule is Cc1c(-c2n(C)c3ccccc3[n+]2C)ccc2ccncc12. The number of hydrogen-bond donors (Lipinski definition) is 0. The molecule has 3 nitrogen and oxygen atoms in total. The van der Waals surface area contributed by atoms with E-state index in [0.29, 0.717) is 0 Å². The summed E-state index contributed by atoms with van der Waals surface area (Å²) in [5.74, 6) is 1.21. The van der Waals surface area contributed by atoms with Crippen molar-refractivity contribution in [3.63, 3.8) is 0 Å². The number of aryl methyl sites for hydroxylation is 3. The maximum atomic E-state index is 4.28. The van der Waals surface area contributed by atoms with Crippen LogP contribution in [0.25, 0.3) is 33.2 Å². The van der Waals surface area contributed by atoms with Gasteiger partial charge in [0, 0.05) is 17.8 Å². The molecule has 2 aromatic heterocycles. The van der Waals surface area contributed by atoms with Crippen LogP contribution in [-0.4, -0.2) is 9.55 Å². The first-order chi connectivity index (χ1) is 10.7. The van der Waals surface area contributed by atoms with Crippen molar-refractivity contribution < 1.29 is 4.57 Å². The van der Waals surface area contributed by atoms with Crippen LogP contribution in [0.2, 0.25) is 0 Å². The maximum absolute atomic E-state index is 4.28. The van der Waals surface area contributed by atoms with Crippen molar-refractivity contribution in [3.05, 3.63) is 60.4 Å². The van der Waals surface area contributed by atoms with Crippen LogP contribution in [0.1, 0.15) is 5.56 Å². The topological polar surface area (TPSA) is 21.7 Å². The van der Waals surface area contributed by atoms with Gasteiger partial charge in [-0.25, -0.2) is 9.13 Å². The summed E-state index contributed by atoms with van der Waals surface area (Å²) in [6, 6.07) is 15.0. The molecule has 2 aromatic carbocycles. The molecule has 0 amide bonds. The molecule has 0 bridgehead atoms. The molecule has 3 heteroatoms. The molecule has 4 rings (SSSR count). The summed E-state index contributed by atoms with van der Waals surface area (Å²) >= 11 is 0. The van der Waals surface area contributed by atoms with Crippen LogP contribution in [0, 0.1) is 6.92 Å². The first kappa shape index (κ1) is 13.0. The highest BCUT2D eigenvalue weighted by Crippen LogP contribution is 2.29. The molecule has 0 N–H and O–H groups in total. The van der Waals surface area contributed by atoms with Crippen LogP contribution in [0.5, 0.6) is 0 Å². The van der Waals surface area contributed by atoms with E-state index < -0.39 is 0 Å². The van der Waals surface area contributed by atoms with E-state index in [-0.39, 0.29) is 0 Å². The molecule has 0 aliphatic rings. The van der Waals surface area contributed by atoms with E-state index in [1.807, 2.05) is 12.4 Å². The highest BCUT2D eigenvalue weighted by molar-refractivity contribution is 5.90. The van der Waals surface area contributed by atoms with E-state index in [4.69, 9.17) is 0 Å². The fraction of sp³-hybridized carbons (Fsp3) is 0.158.